The van der Waals surface area contributed by atoms with Gasteiger partial charge < -0.3 is 10.1 Å². The molecule has 1 aromatic rings. The number of anilines is 1. The first kappa shape index (κ1) is 10.2. The highest BCUT2D eigenvalue weighted by Gasteiger charge is 2.22. The van der Waals surface area contributed by atoms with E-state index in [4.69, 9.17) is 16.3 Å². The molecular formula is C9H13ClN2OS. The van der Waals surface area contributed by atoms with E-state index in [2.05, 4.69) is 17.2 Å². The van der Waals surface area contributed by atoms with Crippen molar-refractivity contribution in [2.75, 3.05) is 18.5 Å². The third-order valence-corrected chi connectivity index (χ3v) is 3.60. The molecule has 78 valence electrons. The van der Waals surface area contributed by atoms with Gasteiger partial charge in [0.05, 0.1) is 6.61 Å². The second-order valence-electron chi connectivity index (χ2n) is 3.53. The molecule has 2 rings (SSSR count). The zero-order valence-corrected chi connectivity index (χ0v) is 9.57. The number of hydrogen-bond donors (Lipinski definition) is 1. The molecular weight excluding hydrogens is 220 g/mol. The van der Waals surface area contributed by atoms with E-state index in [1.807, 2.05) is 5.38 Å². The number of nitrogens with one attached hydrogen (secondary N) is 1. The van der Waals surface area contributed by atoms with Gasteiger partial charge >= 0.3 is 0 Å². The SMILES string of the molecule is CC(Nc1nc(Cl)cs1)C1CCOC1. The number of aromatic nitrogens is 1. The standard InChI is InChI=1S/C9H13ClN2OS/c1-6(7-2-3-13-4-7)11-9-12-8(10)5-14-9/h5-7H,2-4H2,1H3,(H,11,12). The van der Waals surface area contributed by atoms with Crippen LogP contribution in [0.5, 0.6) is 0 Å². The van der Waals surface area contributed by atoms with Crippen LogP contribution in [0.3, 0.4) is 0 Å². The van der Waals surface area contributed by atoms with Crippen molar-refractivity contribution < 1.29 is 4.74 Å². The maximum atomic E-state index is 5.74. The Morgan fingerprint density at radius 2 is 2.64 bits per heavy atom. The lowest BCUT2D eigenvalue weighted by molar-refractivity contribution is 0.183. The summed E-state index contributed by atoms with van der Waals surface area (Å²) in [6, 6.07) is 0.403. The van der Waals surface area contributed by atoms with Crippen molar-refractivity contribution in [2.24, 2.45) is 5.92 Å². The van der Waals surface area contributed by atoms with Gasteiger partial charge in [-0.1, -0.05) is 11.6 Å². The Morgan fingerprint density at radius 1 is 1.79 bits per heavy atom. The molecule has 1 fully saturated rings. The molecule has 1 N–H and O–H groups in total. The minimum Gasteiger partial charge on any atom is -0.381 e. The molecule has 1 aromatic heterocycles. The van der Waals surface area contributed by atoms with E-state index in [1.165, 1.54) is 0 Å². The van der Waals surface area contributed by atoms with E-state index < -0.39 is 0 Å². The summed E-state index contributed by atoms with van der Waals surface area (Å²) in [6.07, 6.45) is 1.13. The van der Waals surface area contributed by atoms with E-state index in [1.54, 1.807) is 11.3 Å². The van der Waals surface area contributed by atoms with Crippen LogP contribution in [-0.4, -0.2) is 24.2 Å². The Morgan fingerprint density at radius 3 is 3.21 bits per heavy atom. The summed E-state index contributed by atoms with van der Waals surface area (Å²) in [5, 5.41) is 6.64. The molecule has 2 unspecified atom stereocenters. The molecule has 1 saturated heterocycles. The lowest BCUT2D eigenvalue weighted by atomic mass is 10.0. The largest absolute Gasteiger partial charge is 0.381 e. The second kappa shape index (κ2) is 4.47. The average Bonchev–Trinajstić information content (AvgIpc) is 2.75. The third-order valence-electron chi connectivity index (χ3n) is 2.50. The Kier molecular flexibility index (Phi) is 3.26. The summed E-state index contributed by atoms with van der Waals surface area (Å²) < 4.78 is 5.34. The van der Waals surface area contributed by atoms with Crippen LogP contribution in [0, 0.1) is 5.92 Å². The topological polar surface area (TPSA) is 34.2 Å². The van der Waals surface area contributed by atoms with E-state index in [9.17, 15) is 0 Å². The average molecular weight is 233 g/mol. The van der Waals surface area contributed by atoms with Crippen molar-refractivity contribution in [1.29, 1.82) is 0 Å². The van der Waals surface area contributed by atoms with Crippen molar-refractivity contribution in [3.8, 4) is 0 Å². The highest BCUT2D eigenvalue weighted by Crippen LogP contribution is 2.23. The van der Waals surface area contributed by atoms with Crippen LogP contribution < -0.4 is 5.32 Å². The number of rotatable bonds is 3. The third kappa shape index (κ3) is 2.38. The number of ether oxygens (including phenoxy) is 1. The number of thiazole rings is 1. The molecule has 0 aromatic carbocycles. The monoisotopic (exact) mass is 232 g/mol. The first-order chi connectivity index (χ1) is 6.75. The summed E-state index contributed by atoms with van der Waals surface area (Å²) in [5.41, 5.74) is 0. The van der Waals surface area contributed by atoms with E-state index in [-0.39, 0.29) is 0 Å². The van der Waals surface area contributed by atoms with Crippen molar-refractivity contribution in [2.45, 2.75) is 19.4 Å². The molecule has 0 bridgehead atoms. The normalized spacial score (nSPS) is 23.7. The van der Waals surface area contributed by atoms with Crippen molar-refractivity contribution in [3.63, 3.8) is 0 Å². The van der Waals surface area contributed by atoms with E-state index >= 15 is 0 Å². The molecule has 2 atom stereocenters. The fourth-order valence-electron chi connectivity index (χ4n) is 1.58. The Hall–Kier alpha value is -0.320. The predicted octanol–water partition coefficient (Wildman–Crippen LogP) is 2.63. The Labute approximate surface area is 92.4 Å². The number of nitrogens with zero attached hydrogens (tertiary/aromatic N) is 1. The molecule has 5 heteroatoms. The predicted molar refractivity (Wildman–Crippen MR) is 59.1 cm³/mol. The van der Waals surface area contributed by atoms with Gasteiger partial charge in [0.15, 0.2) is 5.13 Å². The molecule has 1 aliphatic heterocycles. The highest BCUT2D eigenvalue weighted by atomic mass is 35.5. The number of halogens is 1. The van der Waals surface area contributed by atoms with Crippen molar-refractivity contribution >= 4 is 28.1 Å². The van der Waals surface area contributed by atoms with Gasteiger partial charge in [-0.3, -0.25) is 0 Å². The molecule has 0 amide bonds. The maximum absolute atomic E-state index is 5.74. The van der Waals surface area contributed by atoms with Gasteiger partial charge in [-0.2, -0.15) is 0 Å². The smallest absolute Gasteiger partial charge is 0.184 e. The summed E-state index contributed by atoms with van der Waals surface area (Å²) >= 11 is 7.28. The first-order valence-electron chi connectivity index (χ1n) is 4.71. The van der Waals surface area contributed by atoms with E-state index in [0.29, 0.717) is 17.1 Å². The Bertz CT molecular complexity index is 299. The number of hydrogen-bond acceptors (Lipinski definition) is 4. The Balaban J connectivity index is 1.90. The van der Waals surface area contributed by atoms with Crippen LogP contribution in [-0.2, 0) is 4.74 Å². The van der Waals surface area contributed by atoms with E-state index in [0.717, 1.165) is 24.8 Å². The molecule has 3 nitrogen and oxygen atoms in total. The minimum atomic E-state index is 0.403. The molecule has 0 radical (unpaired) electrons. The lowest BCUT2D eigenvalue weighted by Gasteiger charge is -2.18. The minimum absolute atomic E-state index is 0.403. The first-order valence-corrected chi connectivity index (χ1v) is 5.97. The van der Waals surface area contributed by atoms with Crippen molar-refractivity contribution in [3.05, 3.63) is 10.5 Å². The van der Waals surface area contributed by atoms with Gasteiger partial charge in [0.25, 0.3) is 0 Å². The zero-order chi connectivity index (χ0) is 9.97. The molecule has 0 saturated carbocycles. The van der Waals surface area contributed by atoms with Crippen LogP contribution in [0.15, 0.2) is 5.38 Å². The van der Waals surface area contributed by atoms with Gasteiger partial charge in [0.1, 0.15) is 5.15 Å². The molecule has 0 aliphatic carbocycles. The van der Waals surface area contributed by atoms with Crippen LogP contribution in [0.25, 0.3) is 0 Å². The maximum Gasteiger partial charge on any atom is 0.184 e. The summed E-state index contributed by atoms with van der Waals surface area (Å²) in [7, 11) is 0. The van der Waals surface area contributed by atoms with Gasteiger partial charge in [0, 0.05) is 23.9 Å². The summed E-state index contributed by atoms with van der Waals surface area (Å²) in [6.45, 7) is 3.90. The van der Waals surface area contributed by atoms with Crippen LogP contribution in [0.4, 0.5) is 5.13 Å². The van der Waals surface area contributed by atoms with Gasteiger partial charge in [-0.05, 0) is 13.3 Å². The lowest BCUT2D eigenvalue weighted by Crippen LogP contribution is -2.25. The molecule has 2 heterocycles. The quantitative estimate of drug-likeness (QED) is 0.870. The van der Waals surface area contributed by atoms with Crippen molar-refractivity contribution in [1.82, 2.24) is 4.98 Å². The van der Waals surface area contributed by atoms with Gasteiger partial charge in [-0.25, -0.2) is 4.98 Å². The molecule has 0 spiro atoms. The summed E-state index contributed by atoms with van der Waals surface area (Å²) in [5.74, 6) is 0.595. The fourth-order valence-corrected chi connectivity index (χ4v) is 2.51. The van der Waals surface area contributed by atoms with Gasteiger partial charge in [-0.15, -0.1) is 11.3 Å². The second-order valence-corrected chi connectivity index (χ2v) is 4.78. The summed E-state index contributed by atoms with van der Waals surface area (Å²) in [4.78, 5) is 4.15. The molecule has 14 heavy (non-hydrogen) atoms. The van der Waals surface area contributed by atoms with Gasteiger partial charge in [0.2, 0.25) is 0 Å². The highest BCUT2D eigenvalue weighted by molar-refractivity contribution is 7.14. The molecule has 1 aliphatic rings. The zero-order valence-electron chi connectivity index (χ0n) is 8.00. The van der Waals surface area contributed by atoms with Crippen LogP contribution >= 0.6 is 22.9 Å². The van der Waals surface area contributed by atoms with Crippen LogP contribution in [0.1, 0.15) is 13.3 Å². The van der Waals surface area contributed by atoms with Crippen LogP contribution in [0.2, 0.25) is 5.15 Å². The fraction of sp³-hybridized carbons (Fsp3) is 0.667.